The minimum absolute atomic E-state index is 0.169. The lowest BCUT2D eigenvalue weighted by Gasteiger charge is -2.10. The lowest BCUT2D eigenvalue weighted by atomic mass is 10.0. The van der Waals surface area contributed by atoms with Gasteiger partial charge in [-0.2, -0.15) is 15.6 Å². The molecule has 1 aromatic rings. The van der Waals surface area contributed by atoms with E-state index in [0.29, 0.717) is 0 Å². The number of amidine groups is 1. The van der Waals surface area contributed by atoms with E-state index in [-0.39, 0.29) is 11.5 Å². The average molecular weight is 266 g/mol. The number of hydrogen-bond acceptors (Lipinski definition) is 5. The summed E-state index contributed by atoms with van der Waals surface area (Å²) in [5.74, 6) is -0.385. The van der Waals surface area contributed by atoms with Crippen molar-refractivity contribution in [3.63, 3.8) is 0 Å². The number of nitrogens with two attached hydrogens (primary N) is 1. The molecule has 0 amide bonds. The molecule has 0 saturated heterocycles. The maximum absolute atomic E-state index is 8.77. The number of nitriles is 2. The Balaban J connectivity index is 3.10. The highest BCUT2D eigenvalue weighted by Gasteiger charge is 2.05. The van der Waals surface area contributed by atoms with Gasteiger partial charge in [0.2, 0.25) is 5.71 Å². The molecule has 0 radical (unpaired) electrons. The van der Waals surface area contributed by atoms with E-state index in [0.717, 1.165) is 22.4 Å². The summed E-state index contributed by atoms with van der Waals surface area (Å²) in [6.07, 6.45) is 3.12. The van der Waals surface area contributed by atoms with Crippen molar-refractivity contribution in [2.75, 3.05) is 5.43 Å². The molecule has 0 aliphatic heterocycles. The predicted molar refractivity (Wildman–Crippen MR) is 79.1 cm³/mol. The van der Waals surface area contributed by atoms with E-state index in [1.165, 1.54) is 6.08 Å². The van der Waals surface area contributed by atoms with Gasteiger partial charge in [-0.25, -0.2) is 0 Å². The van der Waals surface area contributed by atoms with Crippen LogP contribution in [-0.2, 0) is 0 Å². The molecule has 6 heteroatoms. The summed E-state index contributed by atoms with van der Waals surface area (Å²) in [5, 5.41) is 28.3. The Morgan fingerprint density at radius 1 is 1.35 bits per heavy atom. The second-order valence-corrected chi connectivity index (χ2v) is 4.09. The topological polar surface area (TPSA) is 122 Å². The van der Waals surface area contributed by atoms with E-state index < -0.39 is 0 Å². The van der Waals surface area contributed by atoms with Gasteiger partial charge < -0.3 is 5.73 Å². The zero-order valence-electron chi connectivity index (χ0n) is 11.2. The summed E-state index contributed by atoms with van der Waals surface area (Å²) < 4.78 is 0. The zero-order valence-corrected chi connectivity index (χ0v) is 11.2. The van der Waals surface area contributed by atoms with Gasteiger partial charge in [-0.1, -0.05) is 0 Å². The van der Waals surface area contributed by atoms with E-state index in [4.69, 9.17) is 21.7 Å². The Hall–Kier alpha value is -3.12. The minimum atomic E-state index is -0.385. The molecule has 0 atom stereocenters. The molecule has 0 spiro atoms. The molecule has 0 bridgehead atoms. The first kappa shape index (κ1) is 14.9. The molecule has 6 nitrogen and oxygen atoms in total. The Bertz CT molecular complexity index is 647. The number of allylic oxidation sites excluding steroid dienone is 1. The van der Waals surface area contributed by atoms with Gasteiger partial charge in [-0.15, -0.1) is 0 Å². The van der Waals surface area contributed by atoms with Crippen LogP contribution >= 0.6 is 0 Å². The van der Waals surface area contributed by atoms with Crippen LogP contribution in [0, 0.1) is 41.9 Å². The highest BCUT2D eigenvalue weighted by Crippen LogP contribution is 2.23. The largest absolute Gasteiger partial charge is 0.382 e. The van der Waals surface area contributed by atoms with E-state index in [1.807, 2.05) is 32.0 Å². The molecule has 4 N–H and O–H groups in total. The fraction of sp³-hybridized carbons (Fsp3) is 0.143. The summed E-state index contributed by atoms with van der Waals surface area (Å²) in [5.41, 5.74) is 11.3. The van der Waals surface area contributed by atoms with Crippen molar-refractivity contribution in [2.45, 2.75) is 13.8 Å². The second kappa shape index (κ2) is 6.72. The molecule has 0 aliphatic carbocycles. The molecule has 0 saturated carbocycles. The van der Waals surface area contributed by atoms with Gasteiger partial charge in [-0.3, -0.25) is 10.8 Å². The van der Waals surface area contributed by atoms with E-state index >= 15 is 0 Å². The van der Waals surface area contributed by atoms with Gasteiger partial charge in [0.05, 0.1) is 11.8 Å². The number of aryl methyl sites for hydroxylation is 2. The molecule has 1 aromatic carbocycles. The number of hydrogen-bond donors (Lipinski definition) is 3. The fourth-order valence-electron chi connectivity index (χ4n) is 1.66. The Morgan fingerprint density at radius 2 is 1.95 bits per heavy atom. The standard InChI is InChI=1S/C14H14N6/c1-9-6-11(4-3-5-15)7-10(2)13(9)20-19-12(8-16)14(17)18/h3-4,6-7,20H,1-2H3,(H3,17,18)/b4-3?,19-12+. The van der Waals surface area contributed by atoms with Crippen LogP contribution in [0.15, 0.2) is 23.3 Å². The lowest BCUT2D eigenvalue weighted by Crippen LogP contribution is -2.22. The van der Waals surface area contributed by atoms with Gasteiger partial charge in [0.15, 0.2) is 5.84 Å². The van der Waals surface area contributed by atoms with Crippen molar-refractivity contribution < 1.29 is 0 Å². The van der Waals surface area contributed by atoms with Gasteiger partial charge in [0.1, 0.15) is 6.07 Å². The maximum Gasteiger partial charge on any atom is 0.201 e. The lowest BCUT2D eigenvalue weighted by molar-refractivity contribution is 1.26. The third kappa shape index (κ3) is 3.69. The van der Waals surface area contributed by atoms with Crippen LogP contribution in [0.4, 0.5) is 5.69 Å². The van der Waals surface area contributed by atoms with E-state index in [9.17, 15) is 0 Å². The molecular formula is C14H14N6. The Labute approximate surface area is 117 Å². The Morgan fingerprint density at radius 3 is 2.40 bits per heavy atom. The first-order valence-electron chi connectivity index (χ1n) is 5.75. The maximum atomic E-state index is 8.77. The first-order valence-corrected chi connectivity index (χ1v) is 5.75. The van der Waals surface area contributed by atoms with Crippen molar-refractivity contribution in [2.24, 2.45) is 10.8 Å². The molecule has 20 heavy (non-hydrogen) atoms. The van der Waals surface area contributed by atoms with Crippen molar-refractivity contribution in [1.29, 1.82) is 15.9 Å². The predicted octanol–water partition coefficient (Wildman–Crippen LogP) is 2.07. The molecule has 0 unspecified atom stereocenters. The van der Waals surface area contributed by atoms with Crippen molar-refractivity contribution >= 4 is 23.3 Å². The third-order valence-electron chi connectivity index (χ3n) is 2.55. The number of hydrazone groups is 1. The Kier molecular flexibility index (Phi) is 5.02. The SMILES string of the molecule is Cc1cc(C=CC#N)cc(C)c1N/N=C(\C#N)C(=N)N. The minimum Gasteiger partial charge on any atom is -0.382 e. The van der Waals surface area contributed by atoms with Crippen molar-refractivity contribution in [3.05, 3.63) is 34.9 Å². The number of rotatable bonds is 4. The zero-order chi connectivity index (χ0) is 15.1. The summed E-state index contributed by atoms with van der Waals surface area (Å²) in [6, 6.07) is 7.45. The van der Waals surface area contributed by atoms with E-state index in [2.05, 4.69) is 10.5 Å². The van der Waals surface area contributed by atoms with Crippen LogP contribution in [0.2, 0.25) is 0 Å². The molecule has 100 valence electrons. The van der Waals surface area contributed by atoms with Gasteiger partial charge in [0.25, 0.3) is 0 Å². The quantitative estimate of drug-likeness (QED) is 0.334. The second-order valence-electron chi connectivity index (χ2n) is 4.09. The van der Waals surface area contributed by atoms with Crippen molar-refractivity contribution in [1.82, 2.24) is 0 Å². The van der Waals surface area contributed by atoms with Crippen LogP contribution < -0.4 is 11.2 Å². The van der Waals surface area contributed by atoms with Crippen LogP contribution in [0.3, 0.4) is 0 Å². The number of benzene rings is 1. The summed E-state index contributed by atoms with van der Waals surface area (Å²) in [7, 11) is 0. The highest BCUT2D eigenvalue weighted by atomic mass is 15.3. The van der Waals surface area contributed by atoms with E-state index in [1.54, 1.807) is 12.1 Å². The average Bonchev–Trinajstić information content (AvgIpc) is 2.39. The number of anilines is 1. The molecule has 0 aromatic heterocycles. The van der Waals surface area contributed by atoms with Crippen LogP contribution in [0.1, 0.15) is 16.7 Å². The van der Waals surface area contributed by atoms with Gasteiger partial charge >= 0.3 is 0 Å². The summed E-state index contributed by atoms with van der Waals surface area (Å²) in [6.45, 7) is 3.77. The van der Waals surface area contributed by atoms with Gasteiger partial charge in [0, 0.05) is 6.08 Å². The van der Waals surface area contributed by atoms with Crippen LogP contribution in [0.25, 0.3) is 6.08 Å². The highest BCUT2D eigenvalue weighted by molar-refractivity contribution is 6.45. The number of nitrogens with zero attached hydrogens (tertiary/aromatic N) is 3. The van der Waals surface area contributed by atoms with Crippen LogP contribution in [-0.4, -0.2) is 11.5 Å². The summed E-state index contributed by atoms with van der Waals surface area (Å²) in [4.78, 5) is 0. The first-order chi connectivity index (χ1) is 9.49. The third-order valence-corrected chi connectivity index (χ3v) is 2.55. The monoisotopic (exact) mass is 266 g/mol. The molecule has 1 rings (SSSR count). The molecule has 0 heterocycles. The molecular weight excluding hydrogens is 252 g/mol. The summed E-state index contributed by atoms with van der Waals surface area (Å²) >= 11 is 0. The van der Waals surface area contributed by atoms with Crippen LogP contribution in [0.5, 0.6) is 0 Å². The van der Waals surface area contributed by atoms with Gasteiger partial charge in [-0.05, 0) is 48.7 Å². The van der Waals surface area contributed by atoms with Crippen molar-refractivity contribution in [3.8, 4) is 12.1 Å². The number of nitrogens with one attached hydrogen (secondary N) is 2. The fourth-order valence-corrected chi connectivity index (χ4v) is 1.66. The molecule has 0 fully saturated rings. The molecule has 0 aliphatic rings. The smallest absolute Gasteiger partial charge is 0.201 e. The normalized spacial score (nSPS) is 10.9.